The minimum atomic E-state index is -0.146. The van der Waals surface area contributed by atoms with Gasteiger partial charge in [-0.3, -0.25) is 0 Å². The van der Waals surface area contributed by atoms with Gasteiger partial charge in [0.25, 0.3) is 0 Å². The van der Waals surface area contributed by atoms with Crippen LogP contribution < -0.4 is 9.80 Å². The molecule has 0 heterocycles. The summed E-state index contributed by atoms with van der Waals surface area (Å²) >= 11 is 7.31. The quantitative estimate of drug-likeness (QED) is 0.165. The number of fused-ring (bicyclic) bond motifs is 5. The molecule has 268 valence electrons. The molecule has 6 aromatic carbocycles. The van der Waals surface area contributed by atoms with Gasteiger partial charge < -0.3 is 9.80 Å². The van der Waals surface area contributed by atoms with Crippen LogP contribution in [0.4, 0.5) is 34.1 Å². The lowest BCUT2D eigenvalue weighted by molar-refractivity contribution is 0.328. The predicted octanol–water partition coefficient (Wildman–Crippen LogP) is 15.3. The van der Waals surface area contributed by atoms with E-state index in [0.29, 0.717) is 0 Å². The Morgan fingerprint density at radius 2 is 0.981 bits per heavy atom. The van der Waals surface area contributed by atoms with Gasteiger partial charge in [0.2, 0.25) is 0 Å². The van der Waals surface area contributed by atoms with Crippen LogP contribution in [-0.2, 0) is 6.42 Å². The zero-order valence-electron chi connectivity index (χ0n) is 31.7. The summed E-state index contributed by atoms with van der Waals surface area (Å²) in [5.74, 6) is 0.284. The Labute approximate surface area is 337 Å². The van der Waals surface area contributed by atoms with Gasteiger partial charge in [-0.2, -0.15) is 0 Å². The zero-order valence-corrected chi connectivity index (χ0v) is 34.9. The summed E-state index contributed by atoms with van der Waals surface area (Å²) in [6.45, 7) is 14.2. The molecule has 1 unspecified atom stereocenters. The van der Waals surface area contributed by atoms with Crippen LogP contribution in [0.5, 0.6) is 0 Å². The van der Waals surface area contributed by atoms with E-state index < -0.39 is 0 Å². The summed E-state index contributed by atoms with van der Waals surface area (Å²) in [6.07, 6.45) is 3.50. The molecule has 54 heavy (non-hydrogen) atoms. The van der Waals surface area contributed by atoms with Gasteiger partial charge in [0.05, 0.1) is 0 Å². The fraction of sp³-hybridized carbons (Fsp3) is 0.200. The highest BCUT2D eigenvalue weighted by Crippen LogP contribution is 2.67. The van der Waals surface area contributed by atoms with Gasteiger partial charge in [-0.25, -0.2) is 0 Å². The molecule has 0 aromatic heterocycles. The smallest absolute Gasteiger partial charge is 0.0467 e. The third-order valence-corrected chi connectivity index (χ3v) is 13.2. The van der Waals surface area contributed by atoms with Crippen LogP contribution in [0.1, 0.15) is 67.0 Å². The number of hydrogen-bond donors (Lipinski definition) is 0. The molecule has 9 rings (SSSR count). The normalized spacial score (nSPS) is 17.3. The first-order valence-electron chi connectivity index (χ1n) is 18.9. The Kier molecular flexibility index (Phi) is 8.44. The molecule has 0 fully saturated rings. The van der Waals surface area contributed by atoms with Crippen molar-refractivity contribution in [3.05, 3.63) is 187 Å². The van der Waals surface area contributed by atoms with Gasteiger partial charge in [0, 0.05) is 54.4 Å². The number of hydrogen-bond acceptors (Lipinski definition) is 2. The highest BCUT2D eigenvalue weighted by molar-refractivity contribution is 9.10. The molecule has 0 saturated carbocycles. The Balaban J connectivity index is 1.15. The number of benzene rings is 6. The van der Waals surface area contributed by atoms with Gasteiger partial charge in [0.1, 0.15) is 0 Å². The van der Waals surface area contributed by atoms with Crippen molar-refractivity contribution in [1.82, 2.24) is 0 Å². The fourth-order valence-corrected chi connectivity index (χ4v) is 9.93. The van der Waals surface area contributed by atoms with E-state index in [1.54, 1.807) is 5.57 Å². The third-order valence-electron chi connectivity index (χ3n) is 12.2. The highest BCUT2D eigenvalue weighted by Gasteiger charge is 2.54. The van der Waals surface area contributed by atoms with Crippen molar-refractivity contribution in [3.63, 3.8) is 0 Å². The van der Waals surface area contributed by atoms with E-state index in [2.05, 4.69) is 223 Å². The Bertz CT molecular complexity index is 2390. The van der Waals surface area contributed by atoms with Crippen molar-refractivity contribution < 1.29 is 0 Å². The minimum Gasteiger partial charge on any atom is -0.310 e. The van der Waals surface area contributed by atoms with Crippen LogP contribution >= 0.6 is 31.9 Å². The molecule has 0 bridgehead atoms. The van der Waals surface area contributed by atoms with Crippen molar-refractivity contribution >= 4 is 77.6 Å². The van der Waals surface area contributed by atoms with Crippen molar-refractivity contribution in [1.29, 1.82) is 0 Å². The van der Waals surface area contributed by atoms with E-state index in [0.717, 1.165) is 38.1 Å². The van der Waals surface area contributed by atoms with Crippen LogP contribution in [0.25, 0.3) is 11.6 Å². The largest absolute Gasteiger partial charge is 0.310 e. The Morgan fingerprint density at radius 3 is 1.50 bits per heavy atom. The summed E-state index contributed by atoms with van der Waals surface area (Å²) in [5, 5.41) is 0. The van der Waals surface area contributed by atoms with E-state index in [4.69, 9.17) is 0 Å². The van der Waals surface area contributed by atoms with Gasteiger partial charge in [-0.15, -0.1) is 0 Å². The molecule has 3 aliphatic carbocycles. The Hall–Kier alpha value is -4.64. The lowest BCUT2D eigenvalue weighted by atomic mass is 9.55. The number of halogens is 2. The SMILES string of the molecule is Cc1ccc(N(c2ccc(Br)cc2)c2ccc3c(c2)C2=C(C3)C(C)(C)C3C(=Cc4ccc(N(c5ccc(C)cc5)c5ccc(Br)cc5)cc43)C2(C)C)cc1. The molecule has 6 aromatic rings. The second kappa shape index (κ2) is 13.0. The second-order valence-corrected chi connectivity index (χ2v) is 18.2. The monoisotopic (exact) mass is 830 g/mol. The fourth-order valence-electron chi connectivity index (χ4n) is 9.40. The van der Waals surface area contributed by atoms with Crippen molar-refractivity contribution in [2.24, 2.45) is 10.8 Å². The number of nitrogens with zero attached hydrogens (tertiary/aromatic N) is 2. The molecule has 0 N–H and O–H groups in total. The average Bonchev–Trinajstić information content (AvgIpc) is 3.76. The van der Waals surface area contributed by atoms with Crippen LogP contribution in [0, 0.1) is 24.7 Å². The van der Waals surface area contributed by atoms with Crippen LogP contribution in [0.3, 0.4) is 0 Å². The molecule has 0 amide bonds. The molecule has 0 radical (unpaired) electrons. The van der Waals surface area contributed by atoms with Crippen molar-refractivity contribution in [2.75, 3.05) is 9.80 Å². The third kappa shape index (κ3) is 5.72. The van der Waals surface area contributed by atoms with Crippen molar-refractivity contribution in [2.45, 2.75) is 53.9 Å². The first-order valence-corrected chi connectivity index (χ1v) is 20.5. The van der Waals surface area contributed by atoms with Crippen LogP contribution in [0.15, 0.2) is 154 Å². The summed E-state index contributed by atoms with van der Waals surface area (Å²) < 4.78 is 2.16. The van der Waals surface area contributed by atoms with E-state index in [1.807, 2.05) is 0 Å². The maximum absolute atomic E-state index is 3.65. The summed E-state index contributed by atoms with van der Waals surface area (Å²) in [6, 6.07) is 49.4. The summed E-state index contributed by atoms with van der Waals surface area (Å²) in [4.78, 5) is 4.79. The predicted molar refractivity (Wildman–Crippen MR) is 236 cm³/mol. The number of rotatable bonds is 6. The Morgan fingerprint density at radius 1 is 0.537 bits per heavy atom. The number of aryl methyl sites for hydroxylation is 2. The highest BCUT2D eigenvalue weighted by atomic mass is 79.9. The van der Waals surface area contributed by atoms with Crippen LogP contribution in [-0.4, -0.2) is 0 Å². The zero-order chi connectivity index (χ0) is 37.5. The molecule has 3 aliphatic rings. The van der Waals surface area contributed by atoms with Gasteiger partial charge in [0.15, 0.2) is 0 Å². The molecule has 0 saturated heterocycles. The molecule has 2 nitrogen and oxygen atoms in total. The molecular formula is C50H44Br2N2. The van der Waals surface area contributed by atoms with E-state index in [-0.39, 0.29) is 16.7 Å². The van der Waals surface area contributed by atoms with E-state index in [9.17, 15) is 0 Å². The lowest BCUT2D eigenvalue weighted by Crippen LogP contribution is -2.36. The van der Waals surface area contributed by atoms with Gasteiger partial charge in [-0.1, -0.05) is 124 Å². The van der Waals surface area contributed by atoms with Crippen molar-refractivity contribution in [3.8, 4) is 0 Å². The number of anilines is 6. The molecule has 0 spiro atoms. The van der Waals surface area contributed by atoms with E-state index >= 15 is 0 Å². The maximum Gasteiger partial charge on any atom is 0.0467 e. The number of allylic oxidation sites excluding steroid dienone is 3. The van der Waals surface area contributed by atoms with Gasteiger partial charge >= 0.3 is 0 Å². The molecule has 0 aliphatic heterocycles. The van der Waals surface area contributed by atoms with Crippen LogP contribution in [0.2, 0.25) is 0 Å². The second-order valence-electron chi connectivity index (χ2n) is 16.4. The topological polar surface area (TPSA) is 6.48 Å². The first kappa shape index (κ1) is 35.1. The molecular weight excluding hydrogens is 788 g/mol. The summed E-state index contributed by atoms with van der Waals surface area (Å²) in [7, 11) is 0. The van der Waals surface area contributed by atoms with Gasteiger partial charge in [-0.05, 0) is 151 Å². The van der Waals surface area contributed by atoms with E-state index in [1.165, 1.54) is 55.9 Å². The average molecular weight is 833 g/mol. The molecule has 1 atom stereocenters. The lowest BCUT2D eigenvalue weighted by Gasteiger charge is -2.48. The standard InChI is InChI=1S/C50H44Br2N2/c1-31-7-17-37(18-8-31)53(39-23-13-35(51)14-24-39)41-21-11-33-27-45-47(43(33)29-41)49(3,4)46-28-34-12-22-42(30-44(34)48(46)50(45,5)6)54(38-19-9-32(2)10-20-38)40-25-15-36(52)16-26-40/h7-27,29-30,47H,28H2,1-6H3. The minimum absolute atomic E-state index is 0.0750. The maximum atomic E-state index is 3.65. The molecule has 4 heteroatoms. The first-order chi connectivity index (χ1) is 25.9. The summed E-state index contributed by atoms with van der Waals surface area (Å²) in [5.41, 5.74) is 19.5.